The zero-order valence-electron chi connectivity index (χ0n) is 24.1. The molecule has 1 atom stereocenters. The smallest absolute Gasteiger partial charge is 0.247 e. The maximum Gasteiger partial charge on any atom is 0.247 e. The van der Waals surface area contributed by atoms with Gasteiger partial charge in [0.15, 0.2) is 11.6 Å². The van der Waals surface area contributed by atoms with E-state index in [0.717, 1.165) is 24.4 Å². The van der Waals surface area contributed by atoms with Crippen molar-refractivity contribution in [3.8, 4) is 11.5 Å². The Balaban J connectivity index is 1.65. The number of nitrogens with one attached hydrogen (secondary N) is 2. The SMILES string of the molecule is C=CC(=O)Nc1cc(Nc2ncc3c(n2)N(C)C(N)C(Oc2ccc(F)cc2F)=C3)c(OC)cc1N(C)CCN(C)C. The molecule has 1 aliphatic heterocycles. The molecule has 2 heterocycles. The Kier molecular flexibility index (Phi) is 9.23. The van der Waals surface area contributed by atoms with Gasteiger partial charge in [-0.3, -0.25) is 4.79 Å². The first kappa shape index (κ1) is 30.2. The highest BCUT2D eigenvalue weighted by Gasteiger charge is 2.28. The van der Waals surface area contributed by atoms with Gasteiger partial charge in [-0.05, 0) is 44.4 Å². The number of carbonyl (C=O) groups excluding carboxylic acids is 1. The van der Waals surface area contributed by atoms with Crippen LogP contribution in [0.5, 0.6) is 11.5 Å². The Hall–Kier alpha value is -4.75. The molecular weight excluding hydrogens is 546 g/mol. The molecule has 3 aromatic rings. The van der Waals surface area contributed by atoms with Crippen LogP contribution in [0, 0.1) is 11.6 Å². The van der Waals surface area contributed by atoms with Gasteiger partial charge in [0.1, 0.15) is 29.3 Å². The van der Waals surface area contributed by atoms with E-state index in [-0.39, 0.29) is 23.4 Å². The number of halogens is 2. The van der Waals surface area contributed by atoms with Gasteiger partial charge in [0, 0.05) is 51.1 Å². The van der Waals surface area contributed by atoms with Gasteiger partial charge in [-0.1, -0.05) is 6.58 Å². The van der Waals surface area contributed by atoms with E-state index in [0.29, 0.717) is 35.1 Å². The monoisotopic (exact) mass is 580 g/mol. The van der Waals surface area contributed by atoms with Gasteiger partial charge >= 0.3 is 0 Å². The lowest BCUT2D eigenvalue weighted by Crippen LogP contribution is -2.45. The van der Waals surface area contributed by atoms with Gasteiger partial charge in [0.05, 0.1) is 24.2 Å². The van der Waals surface area contributed by atoms with Crippen LogP contribution in [0.3, 0.4) is 0 Å². The molecule has 13 heteroatoms. The van der Waals surface area contributed by atoms with Crippen LogP contribution >= 0.6 is 0 Å². The zero-order valence-corrected chi connectivity index (χ0v) is 24.1. The first-order valence-corrected chi connectivity index (χ1v) is 13.0. The maximum absolute atomic E-state index is 14.2. The molecule has 4 N–H and O–H groups in total. The summed E-state index contributed by atoms with van der Waals surface area (Å²) in [4.78, 5) is 27.0. The molecule has 1 aliphatic rings. The molecule has 1 unspecified atom stereocenters. The van der Waals surface area contributed by atoms with Crippen molar-refractivity contribution in [3.05, 3.63) is 72.1 Å². The molecule has 222 valence electrons. The average Bonchev–Trinajstić information content (AvgIpc) is 2.96. The second kappa shape index (κ2) is 12.8. The van der Waals surface area contributed by atoms with Crippen LogP contribution in [-0.4, -0.2) is 75.3 Å². The van der Waals surface area contributed by atoms with Crippen LogP contribution in [0.15, 0.2) is 54.9 Å². The van der Waals surface area contributed by atoms with Crippen LogP contribution in [0.2, 0.25) is 0 Å². The molecule has 2 aromatic carbocycles. The molecule has 0 saturated carbocycles. The van der Waals surface area contributed by atoms with Gasteiger partial charge in [0.25, 0.3) is 0 Å². The highest BCUT2D eigenvalue weighted by atomic mass is 19.1. The number of likely N-dealkylation sites (N-methyl/N-ethyl adjacent to an activating group) is 3. The number of anilines is 5. The second-order valence-corrected chi connectivity index (χ2v) is 9.86. The Bertz CT molecular complexity index is 1510. The molecule has 0 radical (unpaired) electrons. The maximum atomic E-state index is 14.2. The third-order valence-electron chi connectivity index (χ3n) is 6.56. The van der Waals surface area contributed by atoms with Crippen LogP contribution in [0.1, 0.15) is 5.56 Å². The van der Waals surface area contributed by atoms with E-state index in [2.05, 4.69) is 32.1 Å². The lowest BCUT2D eigenvalue weighted by molar-refractivity contribution is -0.111. The van der Waals surface area contributed by atoms with E-state index in [1.54, 1.807) is 37.4 Å². The number of fused-ring (bicyclic) bond motifs is 1. The molecule has 42 heavy (non-hydrogen) atoms. The summed E-state index contributed by atoms with van der Waals surface area (Å²) in [7, 11) is 9.15. The molecule has 0 saturated heterocycles. The van der Waals surface area contributed by atoms with E-state index < -0.39 is 17.8 Å². The van der Waals surface area contributed by atoms with Crippen LogP contribution < -0.4 is 35.6 Å². The predicted octanol–water partition coefficient (Wildman–Crippen LogP) is 3.78. The Morgan fingerprint density at radius 1 is 1.17 bits per heavy atom. The van der Waals surface area contributed by atoms with Gasteiger partial charge in [0.2, 0.25) is 11.9 Å². The number of hydrogen-bond acceptors (Lipinski definition) is 10. The molecule has 0 fully saturated rings. The highest BCUT2D eigenvalue weighted by molar-refractivity contribution is 6.02. The Labute approximate surface area is 243 Å². The minimum atomic E-state index is -0.847. The highest BCUT2D eigenvalue weighted by Crippen LogP contribution is 2.38. The number of ether oxygens (including phenoxy) is 2. The van der Waals surface area contributed by atoms with E-state index in [1.165, 1.54) is 12.1 Å². The number of hydrogen-bond donors (Lipinski definition) is 3. The second-order valence-electron chi connectivity index (χ2n) is 9.86. The molecular formula is C29H34F2N8O3. The first-order chi connectivity index (χ1) is 20.0. The molecule has 1 aromatic heterocycles. The minimum Gasteiger partial charge on any atom is -0.494 e. The number of carbonyl (C=O) groups is 1. The predicted molar refractivity (Wildman–Crippen MR) is 160 cm³/mol. The molecule has 11 nitrogen and oxygen atoms in total. The lowest BCUT2D eigenvalue weighted by atomic mass is 10.1. The third kappa shape index (κ3) is 6.75. The number of nitrogens with two attached hydrogens (primary N) is 1. The van der Waals surface area contributed by atoms with Crippen LogP contribution in [0.25, 0.3) is 6.08 Å². The van der Waals surface area contributed by atoms with Crippen molar-refractivity contribution in [2.75, 3.05) is 68.8 Å². The van der Waals surface area contributed by atoms with Crippen molar-refractivity contribution < 1.29 is 23.0 Å². The Morgan fingerprint density at radius 2 is 1.93 bits per heavy atom. The number of nitrogens with zero attached hydrogens (tertiary/aromatic N) is 5. The van der Waals surface area contributed by atoms with Gasteiger partial charge in [-0.15, -0.1) is 0 Å². The summed E-state index contributed by atoms with van der Waals surface area (Å²) in [5, 5.41) is 6.02. The summed E-state index contributed by atoms with van der Waals surface area (Å²) >= 11 is 0. The summed E-state index contributed by atoms with van der Waals surface area (Å²) in [6.45, 7) is 5.05. The minimum absolute atomic E-state index is 0.156. The van der Waals surface area contributed by atoms with E-state index in [9.17, 15) is 13.6 Å². The van der Waals surface area contributed by atoms with E-state index in [1.807, 2.05) is 32.1 Å². The average molecular weight is 581 g/mol. The summed E-state index contributed by atoms with van der Waals surface area (Å²) in [5.74, 6) is -0.611. The molecule has 4 rings (SSSR count). The zero-order chi connectivity index (χ0) is 30.6. The molecule has 1 amide bonds. The van der Waals surface area contributed by atoms with Gasteiger partial charge in [-0.25, -0.2) is 13.8 Å². The number of benzene rings is 2. The van der Waals surface area contributed by atoms with Gasteiger partial charge in [-0.2, -0.15) is 4.98 Å². The molecule has 0 spiro atoms. The lowest BCUT2D eigenvalue weighted by Gasteiger charge is -2.32. The van der Waals surface area contributed by atoms with Crippen molar-refractivity contribution in [2.45, 2.75) is 6.17 Å². The fraction of sp³-hybridized carbons (Fsp3) is 0.276. The fourth-order valence-electron chi connectivity index (χ4n) is 4.19. The van der Waals surface area contributed by atoms with Crippen molar-refractivity contribution >= 4 is 40.8 Å². The fourth-order valence-corrected chi connectivity index (χ4v) is 4.19. The quantitative estimate of drug-likeness (QED) is 0.289. The largest absolute Gasteiger partial charge is 0.494 e. The molecule has 0 aliphatic carbocycles. The van der Waals surface area contributed by atoms with Crippen molar-refractivity contribution in [3.63, 3.8) is 0 Å². The number of rotatable bonds is 11. The van der Waals surface area contributed by atoms with Gasteiger partial charge < -0.3 is 40.5 Å². The van der Waals surface area contributed by atoms with E-state index in [4.69, 9.17) is 15.2 Å². The molecule has 0 bridgehead atoms. The number of amides is 1. The number of methoxy groups -OCH3 is 1. The normalized spacial score (nSPS) is 14.2. The van der Waals surface area contributed by atoms with Crippen molar-refractivity contribution in [2.24, 2.45) is 5.73 Å². The first-order valence-electron chi connectivity index (χ1n) is 13.0. The van der Waals surface area contributed by atoms with E-state index >= 15 is 0 Å². The summed E-state index contributed by atoms with van der Waals surface area (Å²) in [5.41, 5.74) is 8.74. The van der Waals surface area contributed by atoms with Crippen LogP contribution in [0.4, 0.5) is 37.6 Å². The summed E-state index contributed by atoms with van der Waals surface area (Å²) < 4.78 is 38.8. The van der Waals surface area contributed by atoms with Crippen LogP contribution in [-0.2, 0) is 4.79 Å². The standard InChI is InChI=1S/C29H34F2N8O3/c1-7-26(40)34-20-14-21(24(41-6)15-22(20)38(4)11-10-37(2)3)35-29-33-16-17-12-25(27(32)39(5)28(17)36-29)42-23-9-8-18(30)13-19(23)31/h7-9,12-16,27H,1,10-11,32H2,2-6H3,(H,34,40)(H,33,35,36). The topological polar surface area (TPSA) is 121 Å². The third-order valence-corrected chi connectivity index (χ3v) is 6.56. The van der Waals surface area contributed by atoms with Crippen molar-refractivity contribution in [1.29, 1.82) is 0 Å². The Morgan fingerprint density at radius 3 is 2.60 bits per heavy atom. The summed E-state index contributed by atoms with van der Waals surface area (Å²) in [6.07, 6.45) is 3.56. The number of aromatic nitrogens is 2. The van der Waals surface area contributed by atoms with Crippen molar-refractivity contribution in [1.82, 2.24) is 14.9 Å². The summed E-state index contributed by atoms with van der Waals surface area (Å²) in [6, 6.07) is 6.59.